The largest absolute Gasteiger partial charge is 0.457 e. The maximum Gasteiger partial charge on any atom is 0.350 e. The van der Waals surface area contributed by atoms with Crippen LogP contribution in [0.1, 0.15) is 26.5 Å². The number of aryl methyl sites for hydroxylation is 1. The molecule has 7 heteroatoms. The number of carbonyl (C=O) groups is 2. The van der Waals surface area contributed by atoms with Crippen LogP contribution in [0.2, 0.25) is 0 Å². The van der Waals surface area contributed by atoms with E-state index in [0.717, 1.165) is 26.9 Å². The highest BCUT2D eigenvalue weighted by Gasteiger charge is 2.18. The van der Waals surface area contributed by atoms with E-state index in [1.807, 2.05) is 54.6 Å². The second kappa shape index (κ2) is 8.92. The molecule has 0 aliphatic heterocycles. The number of nitrogens with one attached hydrogen (secondary N) is 1. The molecular formula is C20H17BrN2O3S. The van der Waals surface area contributed by atoms with Crippen molar-refractivity contribution in [2.45, 2.75) is 20.0 Å². The number of thiazole rings is 1. The van der Waals surface area contributed by atoms with Gasteiger partial charge in [-0.1, -0.05) is 69.7 Å². The number of aromatic nitrogens is 1. The highest BCUT2D eigenvalue weighted by molar-refractivity contribution is 9.10. The fourth-order valence-electron chi connectivity index (χ4n) is 2.38. The fraction of sp³-hybridized carbons (Fsp3) is 0.150. The van der Waals surface area contributed by atoms with E-state index in [2.05, 4.69) is 26.2 Å². The third kappa shape index (κ3) is 5.48. The Morgan fingerprint density at radius 2 is 1.78 bits per heavy atom. The van der Waals surface area contributed by atoms with Gasteiger partial charge in [-0.25, -0.2) is 9.78 Å². The summed E-state index contributed by atoms with van der Waals surface area (Å²) in [4.78, 5) is 29.1. The fourth-order valence-corrected chi connectivity index (χ4v) is 3.52. The van der Waals surface area contributed by atoms with E-state index >= 15 is 0 Å². The number of hydrogen-bond acceptors (Lipinski definition) is 5. The quantitative estimate of drug-likeness (QED) is 0.556. The number of nitrogens with zero attached hydrogens (tertiary/aromatic N) is 1. The topological polar surface area (TPSA) is 68.3 Å². The van der Waals surface area contributed by atoms with Crippen LogP contribution in [0.25, 0.3) is 0 Å². The summed E-state index contributed by atoms with van der Waals surface area (Å²) in [5, 5.41) is 3.13. The van der Waals surface area contributed by atoms with Crippen molar-refractivity contribution in [2.75, 3.05) is 5.32 Å². The summed E-state index contributed by atoms with van der Waals surface area (Å²) in [6.07, 6.45) is 0.236. The molecule has 0 radical (unpaired) electrons. The molecule has 0 aliphatic carbocycles. The number of ether oxygens (including phenoxy) is 1. The lowest BCUT2D eigenvalue weighted by Crippen LogP contribution is -2.14. The van der Waals surface area contributed by atoms with Crippen LogP contribution in [0, 0.1) is 6.92 Å². The van der Waals surface area contributed by atoms with Crippen LogP contribution in [0.4, 0.5) is 5.13 Å². The zero-order chi connectivity index (χ0) is 19.2. The van der Waals surface area contributed by atoms with Crippen molar-refractivity contribution in [2.24, 2.45) is 0 Å². The van der Waals surface area contributed by atoms with E-state index < -0.39 is 5.97 Å². The van der Waals surface area contributed by atoms with E-state index in [0.29, 0.717) is 15.7 Å². The molecule has 3 aromatic rings. The Bertz CT molecular complexity index is 940. The Morgan fingerprint density at radius 1 is 1.07 bits per heavy atom. The van der Waals surface area contributed by atoms with Gasteiger partial charge in [0.25, 0.3) is 0 Å². The van der Waals surface area contributed by atoms with E-state index in [1.54, 1.807) is 6.92 Å². The summed E-state index contributed by atoms with van der Waals surface area (Å²) in [5.74, 6) is -0.627. The Balaban J connectivity index is 1.59. The van der Waals surface area contributed by atoms with Crippen molar-refractivity contribution < 1.29 is 14.3 Å². The average molecular weight is 445 g/mol. The van der Waals surface area contributed by atoms with Crippen molar-refractivity contribution in [1.82, 2.24) is 4.98 Å². The van der Waals surface area contributed by atoms with Gasteiger partial charge in [-0.05, 0) is 30.2 Å². The number of carbonyl (C=O) groups excluding carboxylic acids is 2. The zero-order valence-corrected chi connectivity index (χ0v) is 17.0. The van der Waals surface area contributed by atoms with E-state index in [-0.39, 0.29) is 18.9 Å². The molecule has 0 aliphatic rings. The summed E-state index contributed by atoms with van der Waals surface area (Å²) in [5.41, 5.74) is 2.35. The molecular weight excluding hydrogens is 428 g/mol. The first kappa shape index (κ1) is 19.3. The minimum absolute atomic E-state index is 0.185. The van der Waals surface area contributed by atoms with Crippen molar-refractivity contribution >= 4 is 44.3 Å². The van der Waals surface area contributed by atoms with Gasteiger partial charge in [-0.2, -0.15) is 0 Å². The molecule has 27 heavy (non-hydrogen) atoms. The molecule has 0 spiro atoms. The molecule has 1 aromatic heterocycles. The molecule has 1 amide bonds. The monoisotopic (exact) mass is 444 g/mol. The van der Waals surface area contributed by atoms with Crippen LogP contribution in [-0.2, 0) is 22.6 Å². The average Bonchev–Trinajstić information content (AvgIpc) is 3.02. The molecule has 5 nitrogen and oxygen atoms in total. The van der Waals surface area contributed by atoms with E-state index in [4.69, 9.17) is 4.74 Å². The van der Waals surface area contributed by atoms with Crippen LogP contribution >= 0.6 is 27.3 Å². The van der Waals surface area contributed by atoms with Gasteiger partial charge in [0.1, 0.15) is 11.5 Å². The number of anilines is 1. The zero-order valence-electron chi connectivity index (χ0n) is 14.6. The Morgan fingerprint density at radius 3 is 2.48 bits per heavy atom. The van der Waals surface area contributed by atoms with Gasteiger partial charge in [0.15, 0.2) is 5.13 Å². The number of amides is 1. The number of benzene rings is 2. The molecule has 0 saturated heterocycles. The Hall–Kier alpha value is -2.51. The third-order valence-electron chi connectivity index (χ3n) is 3.72. The predicted molar refractivity (Wildman–Crippen MR) is 109 cm³/mol. The summed E-state index contributed by atoms with van der Waals surface area (Å²) in [7, 11) is 0. The van der Waals surface area contributed by atoms with Crippen molar-refractivity contribution in [1.29, 1.82) is 0 Å². The van der Waals surface area contributed by atoms with Crippen molar-refractivity contribution in [3.05, 3.63) is 80.8 Å². The molecule has 0 unspecified atom stereocenters. The molecule has 0 atom stereocenters. The first-order valence-corrected chi connectivity index (χ1v) is 9.85. The van der Waals surface area contributed by atoms with Gasteiger partial charge >= 0.3 is 5.97 Å². The highest BCUT2D eigenvalue weighted by Crippen LogP contribution is 2.24. The van der Waals surface area contributed by atoms with Crippen LogP contribution in [0.3, 0.4) is 0 Å². The molecule has 0 fully saturated rings. The van der Waals surface area contributed by atoms with Crippen molar-refractivity contribution in [3.63, 3.8) is 0 Å². The first-order chi connectivity index (χ1) is 13.0. The minimum atomic E-state index is -0.442. The molecule has 1 N–H and O–H groups in total. The standard InChI is InChI=1S/C20H17BrN2O3S/c1-13-18(19(25)26-12-15-5-3-2-4-6-15)27-20(22-13)23-17(24)11-14-7-9-16(21)10-8-14/h2-10H,11-12H2,1H3,(H,22,23,24). The number of halogens is 1. The molecule has 2 aromatic carbocycles. The van der Waals surface area contributed by atoms with Crippen LogP contribution in [-0.4, -0.2) is 16.9 Å². The number of esters is 1. The number of rotatable bonds is 6. The van der Waals surface area contributed by atoms with Gasteiger partial charge in [0.2, 0.25) is 5.91 Å². The van der Waals surface area contributed by atoms with Gasteiger partial charge < -0.3 is 10.1 Å². The van der Waals surface area contributed by atoms with Gasteiger partial charge in [-0.3, -0.25) is 4.79 Å². The SMILES string of the molecule is Cc1nc(NC(=O)Cc2ccc(Br)cc2)sc1C(=O)OCc1ccccc1. The smallest absolute Gasteiger partial charge is 0.350 e. The summed E-state index contributed by atoms with van der Waals surface area (Å²) in [6, 6.07) is 17.0. The summed E-state index contributed by atoms with van der Waals surface area (Å²) >= 11 is 4.48. The lowest BCUT2D eigenvalue weighted by Gasteiger charge is -2.03. The normalized spacial score (nSPS) is 10.4. The molecule has 0 saturated carbocycles. The van der Waals surface area contributed by atoms with E-state index in [1.165, 1.54) is 0 Å². The first-order valence-electron chi connectivity index (χ1n) is 8.24. The maximum absolute atomic E-state index is 12.3. The molecule has 0 bridgehead atoms. The van der Waals surface area contributed by atoms with Crippen LogP contribution in [0.15, 0.2) is 59.1 Å². The van der Waals surface area contributed by atoms with Gasteiger partial charge in [0, 0.05) is 4.47 Å². The number of hydrogen-bond donors (Lipinski definition) is 1. The van der Waals surface area contributed by atoms with Gasteiger partial charge in [0.05, 0.1) is 12.1 Å². The Labute approximate surface area is 169 Å². The van der Waals surface area contributed by atoms with Crippen LogP contribution in [0.5, 0.6) is 0 Å². The Kier molecular flexibility index (Phi) is 6.36. The third-order valence-corrected chi connectivity index (χ3v) is 5.30. The second-order valence-electron chi connectivity index (χ2n) is 5.85. The lowest BCUT2D eigenvalue weighted by molar-refractivity contribution is -0.115. The minimum Gasteiger partial charge on any atom is -0.457 e. The maximum atomic E-state index is 12.3. The predicted octanol–water partition coefficient (Wildman–Crippen LogP) is 4.75. The molecule has 1 heterocycles. The lowest BCUT2D eigenvalue weighted by atomic mass is 10.1. The van der Waals surface area contributed by atoms with Crippen molar-refractivity contribution in [3.8, 4) is 0 Å². The highest BCUT2D eigenvalue weighted by atomic mass is 79.9. The summed E-state index contributed by atoms with van der Waals surface area (Å²) in [6.45, 7) is 1.92. The molecule has 138 valence electrons. The molecule has 3 rings (SSSR count). The van der Waals surface area contributed by atoms with Gasteiger partial charge in [-0.15, -0.1) is 0 Å². The van der Waals surface area contributed by atoms with E-state index in [9.17, 15) is 9.59 Å². The second-order valence-corrected chi connectivity index (χ2v) is 7.76. The van der Waals surface area contributed by atoms with Crippen LogP contribution < -0.4 is 5.32 Å². The summed E-state index contributed by atoms with van der Waals surface area (Å²) < 4.78 is 6.29.